The molecule has 0 unspecified atom stereocenters. The van der Waals surface area contributed by atoms with E-state index in [4.69, 9.17) is 18.6 Å². The molecule has 0 aliphatic carbocycles. The van der Waals surface area contributed by atoms with E-state index in [0.29, 0.717) is 34.8 Å². The number of hydrogen-bond acceptors (Lipinski definition) is 6. The van der Waals surface area contributed by atoms with E-state index < -0.39 is 0 Å². The van der Waals surface area contributed by atoms with Gasteiger partial charge in [0.15, 0.2) is 5.43 Å². The molecular formula is C21H23NO5. The first-order valence-corrected chi connectivity index (χ1v) is 8.59. The topological polar surface area (TPSA) is 61.1 Å². The van der Waals surface area contributed by atoms with Crippen LogP contribution in [0.5, 0.6) is 17.2 Å². The van der Waals surface area contributed by atoms with Gasteiger partial charge in [-0.2, -0.15) is 0 Å². The Bertz CT molecular complexity index is 976. The molecule has 0 amide bonds. The van der Waals surface area contributed by atoms with Crippen LogP contribution in [-0.2, 0) is 0 Å². The summed E-state index contributed by atoms with van der Waals surface area (Å²) in [5, 5.41) is 0.394. The van der Waals surface area contributed by atoms with Gasteiger partial charge in [0.2, 0.25) is 0 Å². The zero-order valence-corrected chi connectivity index (χ0v) is 15.9. The van der Waals surface area contributed by atoms with E-state index >= 15 is 0 Å². The number of methoxy groups -OCH3 is 2. The van der Waals surface area contributed by atoms with E-state index in [9.17, 15) is 4.79 Å². The predicted molar refractivity (Wildman–Crippen MR) is 105 cm³/mol. The Labute approximate surface area is 157 Å². The highest BCUT2D eigenvalue weighted by molar-refractivity contribution is 5.86. The zero-order valence-electron chi connectivity index (χ0n) is 15.9. The van der Waals surface area contributed by atoms with Crippen molar-refractivity contribution in [3.8, 4) is 28.6 Å². The number of rotatable bonds is 7. The first-order valence-electron chi connectivity index (χ1n) is 8.59. The van der Waals surface area contributed by atoms with Gasteiger partial charge in [0.05, 0.1) is 14.2 Å². The molecule has 0 aliphatic heterocycles. The van der Waals surface area contributed by atoms with Crippen LogP contribution in [-0.4, -0.2) is 46.4 Å². The molecule has 0 fully saturated rings. The van der Waals surface area contributed by atoms with Crippen LogP contribution in [0.1, 0.15) is 0 Å². The lowest BCUT2D eigenvalue weighted by atomic mass is 10.1. The molecule has 0 aliphatic rings. The summed E-state index contributed by atoms with van der Waals surface area (Å²) in [6.07, 6.45) is 0. The third-order valence-electron chi connectivity index (χ3n) is 4.17. The molecule has 0 saturated heterocycles. The fraction of sp³-hybridized carbons (Fsp3) is 0.286. The van der Waals surface area contributed by atoms with Crippen molar-refractivity contribution in [1.82, 2.24) is 4.90 Å². The van der Waals surface area contributed by atoms with Gasteiger partial charge in [0.25, 0.3) is 0 Å². The van der Waals surface area contributed by atoms with Gasteiger partial charge in [-0.25, -0.2) is 0 Å². The maximum Gasteiger partial charge on any atom is 0.197 e. The molecule has 6 nitrogen and oxygen atoms in total. The fourth-order valence-corrected chi connectivity index (χ4v) is 2.71. The summed E-state index contributed by atoms with van der Waals surface area (Å²) in [6, 6.07) is 12.3. The van der Waals surface area contributed by atoms with Gasteiger partial charge < -0.3 is 23.5 Å². The molecule has 0 atom stereocenters. The molecule has 1 aromatic heterocycles. The van der Waals surface area contributed by atoms with E-state index in [1.165, 1.54) is 13.2 Å². The molecule has 2 aromatic carbocycles. The highest BCUT2D eigenvalue weighted by Crippen LogP contribution is 2.32. The summed E-state index contributed by atoms with van der Waals surface area (Å²) >= 11 is 0. The van der Waals surface area contributed by atoms with Crippen molar-refractivity contribution in [2.75, 3.05) is 41.5 Å². The van der Waals surface area contributed by atoms with Crippen molar-refractivity contribution in [2.24, 2.45) is 0 Å². The van der Waals surface area contributed by atoms with E-state index in [1.54, 1.807) is 19.2 Å². The standard InChI is InChI=1S/C21H23NO5/c1-22(2)9-10-26-15-7-5-14(6-8-15)18-13-17(23)21-19(25-4)11-16(24-3)12-20(21)27-18/h5-8,11-13H,9-10H2,1-4H3. The summed E-state index contributed by atoms with van der Waals surface area (Å²) in [5.41, 5.74) is 1.04. The number of nitrogens with zero attached hydrogens (tertiary/aromatic N) is 1. The maximum atomic E-state index is 12.6. The Kier molecular flexibility index (Phi) is 5.66. The summed E-state index contributed by atoms with van der Waals surface area (Å²) in [6.45, 7) is 1.45. The fourth-order valence-electron chi connectivity index (χ4n) is 2.71. The number of likely N-dealkylation sites (N-methyl/N-ethyl adjacent to an activating group) is 1. The molecule has 6 heteroatoms. The van der Waals surface area contributed by atoms with Crippen LogP contribution in [0.4, 0.5) is 0 Å². The van der Waals surface area contributed by atoms with Crippen molar-refractivity contribution in [3.05, 3.63) is 52.7 Å². The molecular weight excluding hydrogens is 346 g/mol. The number of ether oxygens (including phenoxy) is 3. The summed E-state index contributed by atoms with van der Waals surface area (Å²) in [4.78, 5) is 14.7. The third kappa shape index (κ3) is 4.23. The van der Waals surface area contributed by atoms with E-state index in [0.717, 1.165) is 17.9 Å². The lowest BCUT2D eigenvalue weighted by Gasteiger charge is -2.11. The monoisotopic (exact) mass is 369 g/mol. The van der Waals surface area contributed by atoms with Crippen molar-refractivity contribution in [3.63, 3.8) is 0 Å². The highest BCUT2D eigenvalue weighted by atomic mass is 16.5. The molecule has 0 saturated carbocycles. The lowest BCUT2D eigenvalue weighted by Crippen LogP contribution is -2.19. The summed E-state index contributed by atoms with van der Waals surface area (Å²) in [5.74, 6) is 2.23. The first kappa shape index (κ1) is 18.8. The molecule has 27 heavy (non-hydrogen) atoms. The largest absolute Gasteiger partial charge is 0.496 e. The van der Waals surface area contributed by atoms with Crippen LogP contribution in [0, 0.1) is 0 Å². The van der Waals surface area contributed by atoms with Crippen LogP contribution >= 0.6 is 0 Å². The summed E-state index contributed by atoms with van der Waals surface area (Å²) in [7, 11) is 7.06. The second-order valence-electron chi connectivity index (χ2n) is 6.35. The number of hydrogen-bond donors (Lipinski definition) is 0. The van der Waals surface area contributed by atoms with Gasteiger partial charge in [0, 0.05) is 30.3 Å². The van der Waals surface area contributed by atoms with Crippen LogP contribution in [0.15, 0.2) is 51.7 Å². The first-order chi connectivity index (χ1) is 13.0. The van der Waals surface area contributed by atoms with Crippen LogP contribution in [0.25, 0.3) is 22.3 Å². The van der Waals surface area contributed by atoms with Gasteiger partial charge in [-0.1, -0.05) is 0 Å². The average molecular weight is 369 g/mol. The van der Waals surface area contributed by atoms with Gasteiger partial charge in [-0.3, -0.25) is 4.79 Å². The average Bonchev–Trinajstić information content (AvgIpc) is 2.67. The Balaban J connectivity index is 1.94. The number of fused-ring (bicyclic) bond motifs is 1. The predicted octanol–water partition coefficient (Wildman–Crippen LogP) is 3.42. The second kappa shape index (κ2) is 8.14. The Morgan fingerprint density at radius 3 is 2.33 bits per heavy atom. The van der Waals surface area contributed by atoms with E-state index in [1.807, 2.05) is 38.4 Å². The number of benzene rings is 2. The normalized spacial score (nSPS) is 11.0. The molecule has 1 heterocycles. The minimum absolute atomic E-state index is 0.169. The third-order valence-corrected chi connectivity index (χ3v) is 4.17. The zero-order chi connectivity index (χ0) is 19.4. The van der Waals surface area contributed by atoms with Gasteiger partial charge in [-0.05, 0) is 38.4 Å². The molecule has 0 N–H and O–H groups in total. The van der Waals surface area contributed by atoms with Gasteiger partial charge in [-0.15, -0.1) is 0 Å². The maximum absolute atomic E-state index is 12.6. The van der Waals surface area contributed by atoms with Crippen LogP contribution < -0.4 is 19.6 Å². The molecule has 142 valence electrons. The molecule has 3 aromatic rings. The van der Waals surface area contributed by atoms with Crippen molar-refractivity contribution in [1.29, 1.82) is 0 Å². The van der Waals surface area contributed by atoms with Crippen molar-refractivity contribution >= 4 is 11.0 Å². The molecule has 0 radical (unpaired) electrons. The van der Waals surface area contributed by atoms with Gasteiger partial charge >= 0.3 is 0 Å². The smallest absolute Gasteiger partial charge is 0.197 e. The highest BCUT2D eigenvalue weighted by Gasteiger charge is 2.13. The molecule has 0 spiro atoms. The second-order valence-corrected chi connectivity index (χ2v) is 6.35. The van der Waals surface area contributed by atoms with E-state index in [-0.39, 0.29) is 5.43 Å². The minimum atomic E-state index is -0.169. The Morgan fingerprint density at radius 2 is 1.70 bits per heavy atom. The Morgan fingerprint density at radius 1 is 0.963 bits per heavy atom. The molecule has 0 bridgehead atoms. The van der Waals surface area contributed by atoms with Crippen LogP contribution in [0.2, 0.25) is 0 Å². The molecule has 3 rings (SSSR count). The lowest BCUT2D eigenvalue weighted by molar-refractivity contribution is 0.261. The SMILES string of the molecule is COc1cc(OC)c2c(=O)cc(-c3ccc(OCCN(C)C)cc3)oc2c1. The van der Waals surface area contributed by atoms with Crippen LogP contribution in [0.3, 0.4) is 0 Å². The Hall–Kier alpha value is -2.99. The summed E-state index contributed by atoms with van der Waals surface area (Å²) < 4.78 is 22.2. The van der Waals surface area contributed by atoms with Crippen molar-refractivity contribution in [2.45, 2.75) is 0 Å². The quantitative estimate of drug-likeness (QED) is 0.636. The van der Waals surface area contributed by atoms with E-state index in [2.05, 4.69) is 4.90 Å². The van der Waals surface area contributed by atoms with Gasteiger partial charge in [0.1, 0.15) is 40.6 Å². The minimum Gasteiger partial charge on any atom is -0.496 e. The van der Waals surface area contributed by atoms with Crippen molar-refractivity contribution < 1.29 is 18.6 Å².